The van der Waals surface area contributed by atoms with E-state index >= 15 is 0 Å². The number of amides is 2. The third kappa shape index (κ3) is 3.00. The molecule has 0 radical (unpaired) electrons. The number of rotatable bonds is 4. The standard InChI is InChI=1S/C17H21N3O5S/c21-16(19-12-5-6-18-9-12)11-3-4-14-15(8-11)26(23,24)20(17(14)22)10-13-2-1-7-25-13/h3-4,8,12-13,18H,1-2,5-7,9-10H2,(H,19,21). The predicted molar refractivity (Wildman–Crippen MR) is 92.4 cm³/mol. The second-order valence-electron chi connectivity index (χ2n) is 6.85. The number of ether oxygens (including phenoxy) is 1. The summed E-state index contributed by atoms with van der Waals surface area (Å²) in [5, 5.41) is 6.04. The summed E-state index contributed by atoms with van der Waals surface area (Å²) < 4.78 is 32.0. The average Bonchev–Trinajstić information content (AvgIpc) is 3.34. The average molecular weight is 379 g/mol. The number of carbonyl (C=O) groups excluding carboxylic acids is 2. The van der Waals surface area contributed by atoms with Crippen LogP contribution in [0.15, 0.2) is 23.1 Å². The molecule has 2 N–H and O–H groups in total. The smallest absolute Gasteiger partial charge is 0.269 e. The molecular weight excluding hydrogens is 358 g/mol. The molecule has 2 atom stereocenters. The van der Waals surface area contributed by atoms with Gasteiger partial charge >= 0.3 is 0 Å². The predicted octanol–water partition coefficient (Wildman–Crippen LogP) is 0.102. The van der Waals surface area contributed by atoms with Gasteiger partial charge in [0.1, 0.15) is 4.90 Å². The van der Waals surface area contributed by atoms with Crippen molar-refractivity contribution in [2.75, 3.05) is 26.2 Å². The molecule has 3 aliphatic heterocycles. The summed E-state index contributed by atoms with van der Waals surface area (Å²) in [6.07, 6.45) is 2.17. The number of sulfonamides is 1. The number of benzene rings is 1. The van der Waals surface area contributed by atoms with Crippen LogP contribution in [-0.4, -0.2) is 62.9 Å². The lowest BCUT2D eigenvalue weighted by Crippen LogP contribution is -2.36. The van der Waals surface area contributed by atoms with Gasteiger partial charge in [-0.1, -0.05) is 0 Å². The van der Waals surface area contributed by atoms with Gasteiger partial charge in [0.15, 0.2) is 0 Å². The van der Waals surface area contributed by atoms with Crippen molar-refractivity contribution in [2.24, 2.45) is 0 Å². The van der Waals surface area contributed by atoms with Gasteiger partial charge in [-0.05, 0) is 44.0 Å². The molecule has 2 amide bonds. The molecule has 26 heavy (non-hydrogen) atoms. The van der Waals surface area contributed by atoms with E-state index in [0.717, 1.165) is 30.1 Å². The Morgan fingerprint density at radius 3 is 2.88 bits per heavy atom. The van der Waals surface area contributed by atoms with Gasteiger partial charge in [-0.15, -0.1) is 0 Å². The highest BCUT2D eigenvalue weighted by molar-refractivity contribution is 7.90. The van der Waals surface area contributed by atoms with E-state index in [1.807, 2.05) is 0 Å². The Morgan fingerprint density at radius 2 is 2.19 bits per heavy atom. The van der Waals surface area contributed by atoms with Crippen molar-refractivity contribution in [3.05, 3.63) is 29.3 Å². The summed E-state index contributed by atoms with van der Waals surface area (Å²) >= 11 is 0. The largest absolute Gasteiger partial charge is 0.376 e. The third-order valence-corrected chi connectivity index (χ3v) is 6.85. The topological polar surface area (TPSA) is 105 Å². The molecule has 8 nitrogen and oxygen atoms in total. The van der Waals surface area contributed by atoms with Crippen LogP contribution in [0.5, 0.6) is 0 Å². The molecule has 0 aliphatic carbocycles. The minimum atomic E-state index is -3.95. The molecule has 0 spiro atoms. The van der Waals surface area contributed by atoms with Crippen LogP contribution >= 0.6 is 0 Å². The maximum atomic E-state index is 12.8. The number of hydrogen-bond donors (Lipinski definition) is 2. The normalized spacial score (nSPS) is 26.9. The van der Waals surface area contributed by atoms with E-state index in [4.69, 9.17) is 4.74 Å². The maximum absolute atomic E-state index is 12.8. The zero-order chi connectivity index (χ0) is 18.3. The van der Waals surface area contributed by atoms with Crippen LogP contribution in [0, 0.1) is 0 Å². The fraction of sp³-hybridized carbons (Fsp3) is 0.529. The number of nitrogens with one attached hydrogen (secondary N) is 2. The lowest BCUT2D eigenvalue weighted by molar-refractivity contribution is 0.0707. The molecule has 9 heteroatoms. The highest BCUT2D eigenvalue weighted by Gasteiger charge is 2.43. The lowest BCUT2D eigenvalue weighted by Gasteiger charge is -2.18. The maximum Gasteiger partial charge on any atom is 0.269 e. The highest BCUT2D eigenvalue weighted by atomic mass is 32.2. The van der Waals surface area contributed by atoms with E-state index in [1.54, 1.807) is 0 Å². The summed E-state index contributed by atoms with van der Waals surface area (Å²) in [6, 6.07) is 4.26. The Hall–Kier alpha value is -1.97. The quantitative estimate of drug-likeness (QED) is 0.769. The van der Waals surface area contributed by atoms with Crippen molar-refractivity contribution in [3.8, 4) is 0 Å². The first-order chi connectivity index (χ1) is 12.5. The molecule has 4 rings (SSSR count). The van der Waals surface area contributed by atoms with Crippen molar-refractivity contribution >= 4 is 21.8 Å². The first-order valence-electron chi connectivity index (χ1n) is 8.81. The molecule has 1 aromatic carbocycles. The molecule has 140 valence electrons. The van der Waals surface area contributed by atoms with E-state index in [-0.39, 0.29) is 40.6 Å². The van der Waals surface area contributed by atoms with Crippen LogP contribution in [0.25, 0.3) is 0 Å². The summed E-state index contributed by atoms with van der Waals surface area (Å²) in [6.45, 7) is 2.14. The summed E-state index contributed by atoms with van der Waals surface area (Å²) in [7, 11) is -3.95. The van der Waals surface area contributed by atoms with E-state index < -0.39 is 15.9 Å². The minimum absolute atomic E-state index is 0.0190. The fourth-order valence-electron chi connectivity index (χ4n) is 3.62. The van der Waals surface area contributed by atoms with Gasteiger partial charge in [-0.25, -0.2) is 12.7 Å². The van der Waals surface area contributed by atoms with Crippen LogP contribution in [0.4, 0.5) is 0 Å². The van der Waals surface area contributed by atoms with Crippen LogP contribution in [0.2, 0.25) is 0 Å². The second-order valence-corrected chi connectivity index (χ2v) is 8.68. The molecule has 0 bridgehead atoms. The zero-order valence-corrected chi connectivity index (χ0v) is 15.0. The van der Waals surface area contributed by atoms with Gasteiger partial charge in [0.25, 0.3) is 21.8 Å². The molecule has 1 aromatic rings. The molecule has 2 unspecified atom stereocenters. The van der Waals surface area contributed by atoms with Crippen molar-refractivity contribution < 1.29 is 22.7 Å². The Balaban J connectivity index is 1.58. The Bertz CT molecular complexity index is 842. The van der Waals surface area contributed by atoms with Gasteiger partial charge in [0, 0.05) is 24.8 Å². The van der Waals surface area contributed by atoms with Crippen LogP contribution < -0.4 is 10.6 Å². The first kappa shape index (κ1) is 17.4. The number of hydrogen-bond acceptors (Lipinski definition) is 6. The van der Waals surface area contributed by atoms with Gasteiger partial charge < -0.3 is 15.4 Å². The van der Waals surface area contributed by atoms with E-state index in [9.17, 15) is 18.0 Å². The molecule has 0 saturated carbocycles. The Labute approximate surface area is 151 Å². The molecular formula is C17H21N3O5S. The number of carbonyl (C=O) groups is 2. The summed E-state index contributed by atoms with van der Waals surface area (Å²) in [4.78, 5) is 24.8. The first-order valence-corrected chi connectivity index (χ1v) is 10.2. The SMILES string of the molecule is O=C(NC1CCNC1)c1ccc2c(c1)S(=O)(=O)N(CC1CCCO1)C2=O. The van der Waals surface area contributed by atoms with Crippen LogP contribution in [-0.2, 0) is 14.8 Å². The van der Waals surface area contributed by atoms with Crippen LogP contribution in [0.3, 0.4) is 0 Å². The zero-order valence-electron chi connectivity index (χ0n) is 14.2. The molecule has 0 aromatic heterocycles. The highest BCUT2D eigenvalue weighted by Crippen LogP contribution is 2.32. The van der Waals surface area contributed by atoms with Crippen molar-refractivity contribution in [2.45, 2.75) is 36.3 Å². The van der Waals surface area contributed by atoms with E-state index in [2.05, 4.69) is 10.6 Å². The van der Waals surface area contributed by atoms with Crippen molar-refractivity contribution in [1.82, 2.24) is 14.9 Å². The summed E-state index contributed by atoms with van der Waals surface area (Å²) in [5.41, 5.74) is 0.355. The van der Waals surface area contributed by atoms with Crippen molar-refractivity contribution in [1.29, 1.82) is 0 Å². The van der Waals surface area contributed by atoms with Gasteiger partial charge in [-0.3, -0.25) is 9.59 Å². The third-order valence-electron chi connectivity index (χ3n) is 5.06. The van der Waals surface area contributed by atoms with Gasteiger partial charge in [-0.2, -0.15) is 0 Å². The molecule has 2 fully saturated rings. The van der Waals surface area contributed by atoms with E-state index in [0.29, 0.717) is 13.2 Å². The van der Waals surface area contributed by atoms with Gasteiger partial charge in [0.05, 0.1) is 18.2 Å². The second kappa shape index (κ2) is 6.64. The lowest BCUT2D eigenvalue weighted by atomic mass is 10.1. The fourth-order valence-corrected chi connectivity index (χ4v) is 5.24. The van der Waals surface area contributed by atoms with Gasteiger partial charge in [0.2, 0.25) is 0 Å². The monoisotopic (exact) mass is 379 g/mol. The molecule has 3 heterocycles. The Morgan fingerprint density at radius 1 is 1.35 bits per heavy atom. The molecule has 2 saturated heterocycles. The summed E-state index contributed by atoms with van der Waals surface area (Å²) in [5.74, 6) is -0.885. The number of nitrogens with zero attached hydrogens (tertiary/aromatic N) is 1. The number of fused-ring (bicyclic) bond motifs is 1. The minimum Gasteiger partial charge on any atom is -0.376 e. The Kier molecular flexibility index (Phi) is 4.45. The molecule has 3 aliphatic rings. The van der Waals surface area contributed by atoms with E-state index in [1.165, 1.54) is 18.2 Å². The van der Waals surface area contributed by atoms with Crippen molar-refractivity contribution in [3.63, 3.8) is 0 Å². The van der Waals surface area contributed by atoms with Crippen LogP contribution in [0.1, 0.15) is 40.0 Å².